The highest BCUT2D eigenvalue weighted by Gasteiger charge is 2.40. The number of carbonyl (C=O) groups is 3. The lowest BCUT2D eigenvalue weighted by Gasteiger charge is -2.29. The molecule has 0 radical (unpaired) electrons. The second kappa shape index (κ2) is 7.90. The van der Waals surface area contributed by atoms with Crippen LogP contribution in [0, 0.1) is 0 Å². The number of carbonyl (C=O) groups excluding carboxylic acids is 3. The van der Waals surface area contributed by atoms with Crippen molar-refractivity contribution in [3.8, 4) is 0 Å². The van der Waals surface area contributed by atoms with Crippen LogP contribution in [0.4, 0.5) is 0 Å². The van der Waals surface area contributed by atoms with E-state index in [4.69, 9.17) is 5.73 Å². The summed E-state index contributed by atoms with van der Waals surface area (Å²) in [5.41, 5.74) is 10.5. The van der Waals surface area contributed by atoms with Crippen LogP contribution in [0.5, 0.6) is 0 Å². The van der Waals surface area contributed by atoms with E-state index in [1.165, 1.54) is 5.56 Å². The molecular formula is C24H26N4O3. The van der Waals surface area contributed by atoms with Gasteiger partial charge in [-0.3, -0.25) is 24.6 Å². The summed E-state index contributed by atoms with van der Waals surface area (Å²) in [5.74, 6) is -0.495. The van der Waals surface area contributed by atoms with E-state index < -0.39 is 6.04 Å². The van der Waals surface area contributed by atoms with Crippen molar-refractivity contribution in [2.24, 2.45) is 5.73 Å². The first-order chi connectivity index (χ1) is 15.0. The zero-order chi connectivity index (χ0) is 21.5. The van der Waals surface area contributed by atoms with Gasteiger partial charge in [0.2, 0.25) is 11.8 Å². The molecule has 3 atom stereocenters. The van der Waals surface area contributed by atoms with Crippen molar-refractivity contribution in [3.05, 3.63) is 70.8 Å². The molecule has 3 N–H and O–H groups in total. The Morgan fingerprint density at radius 3 is 2.58 bits per heavy atom. The lowest BCUT2D eigenvalue weighted by atomic mass is 9.95. The Hall–Kier alpha value is -3.03. The zero-order valence-corrected chi connectivity index (χ0v) is 17.3. The number of piperidine rings is 1. The van der Waals surface area contributed by atoms with Crippen LogP contribution >= 0.6 is 0 Å². The first kappa shape index (κ1) is 19.9. The molecule has 160 valence electrons. The van der Waals surface area contributed by atoms with Gasteiger partial charge in [0.05, 0.1) is 0 Å². The Labute approximate surface area is 181 Å². The van der Waals surface area contributed by atoms with Gasteiger partial charge in [0.25, 0.3) is 5.91 Å². The molecule has 7 nitrogen and oxygen atoms in total. The third-order valence-corrected chi connectivity index (χ3v) is 6.74. The van der Waals surface area contributed by atoms with Crippen molar-refractivity contribution in [2.75, 3.05) is 13.1 Å². The summed E-state index contributed by atoms with van der Waals surface area (Å²) in [6.45, 7) is 2.79. The predicted octanol–water partition coefficient (Wildman–Crippen LogP) is 1.37. The number of rotatable bonds is 4. The van der Waals surface area contributed by atoms with E-state index in [2.05, 4.69) is 28.4 Å². The van der Waals surface area contributed by atoms with Gasteiger partial charge >= 0.3 is 0 Å². The van der Waals surface area contributed by atoms with Crippen molar-refractivity contribution < 1.29 is 14.4 Å². The molecule has 3 aliphatic heterocycles. The number of imide groups is 1. The SMILES string of the molecule is N[C@@H]1CN(Cc2cccc3c2CN(C2CCC(=O)NC2=O)C3=O)C[C@H]1c1ccccc1. The Bertz CT molecular complexity index is 1040. The summed E-state index contributed by atoms with van der Waals surface area (Å²) >= 11 is 0. The van der Waals surface area contributed by atoms with Crippen LogP contribution in [0.15, 0.2) is 48.5 Å². The van der Waals surface area contributed by atoms with Gasteiger partial charge in [-0.2, -0.15) is 0 Å². The molecule has 0 aliphatic carbocycles. The summed E-state index contributed by atoms with van der Waals surface area (Å²) in [4.78, 5) is 40.8. The number of nitrogens with two attached hydrogens (primary N) is 1. The molecule has 7 heteroatoms. The van der Waals surface area contributed by atoms with Crippen LogP contribution in [0.2, 0.25) is 0 Å². The molecule has 2 aromatic carbocycles. The van der Waals surface area contributed by atoms with Crippen LogP contribution < -0.4 is 11.1 Å². The van der Waals surface area contributed by atoms with Crippen molar-refractivity contribution in [1.82, 2.24) is 15.1 Å². The number of hydrogen-bond donors (Lipinski definition) is 2. The molecule has 0 aromatic heterocycles. The highest BCUT2D eigenvalue weighted by Crippen LogP contribution is 2.32. The van der Waals surface area contributed by atoms with Gasteiger partial charge in [-0.15, -0.1) is 0 Å². The van der Waals surface area contributed by atoms with Gasteiger partial charge in [0, 0.05) is 50.1 Å². The normalized spacial score (nSPS) is 26.3. The van der Waals surface area contributed by atoms with Crippen molar-refractivity contribution in [1.29, 1.82) is 0 Å². The van der Waals surface area contributed by atoms with E-state index >= 15 is 0 Å². The minimum Gasteiger partial charge on any atom is -0.326 e. The minimum absolute atomic E-state index is 0.0702. The predicted molar refractivity (Wildman–Crippen MR) is 115 cm³/mol. The van der Waals surface area contributed by atoms with Crippen LogP contribution in [0.1, 0.15) is 45.8 Å². The average Bonchev–Trinajstić information content (AvgIpc) is 3.29. The molecule has 3 aliphatic rings. The quantitative estimate of drug-likeness (QED) is 0.732. The van der Waals surface area contributed by atoms with Crippen LogP contribution in [0.25, 0.3) is 0 Å². The van der Waals surface area contributed by atoms with E-state index in [1.807, 2.05) is 30.3 Å². The number of nitrogens with one attached hydrogen (secondary N) is 1. The maximum absolute atomic E-state index is 13.0. The second-order valence-electron chi connectivity index (χ2n) is 8.72. The Morgan fingerprint density at radius 2 is 1.81 bits per heavy atom. The molecule has 2 aromatic rings. The minimum atomic E-state index is -0.590. The number of likely N-dealkylation sites (tertiary alicyclic amines) is 1. The zero-order valence-electron chi connectivity index (χ0n) is 17.3. The van der Waals surface area contributed by atoms with Crippen molar-refractivity contribution in [3.63, 3.8) is 0 Å². The molecule has 5 rings (SSSR count). The maximum atomic E-state index is 13.0. The third kappa shape index (κ3) is 3.64. The number of hydrogen-bond acceptors (Lipinski definition) is 5. The molecule has 31 heavy (non-hydrogen) atoms. The van der Waals surface area contributed by atoms with Crippen LogP contribution in [-0.2, 0) is 22.7 Å². The first-order valence-electron chi connectivity index (χ1n) is 10.8. The molecular weight excluding hydrogens is 392 g/mol. The standard InChI is InChI=1S/C24H26N4O3/c25-20-14-27(12-19(20)15-5-2-1-3-6-15)11-16-7-4-8-17-18(16)13-28(24(17)31)21-9-10-22(29)26-23(21)30/h1-8,19-21H,9-14,25H2,(H,26,29,30)/t19-,20+,21?/m0/s1. The summed E-state index contributed by atoms with van der Waals surface area (Å²) in [6, 6.07) is 15.6. The van der Waals surface area contributed by atoms with E-state index in [1.54, 1.807) is 4.90 Å². The fourth-order valence-corrected chi connectivity index (χ4v) is 5.13. The molecule has 1 unspecified atom stereocenters. The summed E-state index contributed by atoms with van der Waals surface area (Å²) in [7, 11) is 0. The molecule has 0 saturated carbocycles. The van der Waals surface area contributed by atoms with E-state index in [9.17, 15) is 14.4 Å². The molecule has 2 saturated heterocycles. The number of nitrogens with zero attached hydrogens (tertiary/aromatic N) is 2. The smallest absolute Gasteiger partial charge is 0.255 e. The van der Waals surface area contributed by atoms with Gasteiger partial charge in [-0.1, -0.05) is 42.5 Å². The average molecular weight is 418 g/mol. The van der Waals surface area contributed by atoms with Gasteiger partial charge in [0.15, 0.2) is 0 Å². The lowest BCUT2D eigenvalue weighted by molar-refractivity contribution is -0.136. The summed E-state index contributed by atoms with van der Waals surface area (Å²) in [6.07, 6.45) is 0.634. The second-order valence-corrected chi connectivity index (χ2v) is 8.72. The molecule has 2 fully saturated rings. The Morgan fingerprint density at radius 1 is 1.00 bits per heavy atom. The highest BCUT2D eigenvalue weighted by atomic mass is 16.2. The Kier molecular flexibility index (Phi) is 5.08. The Balaban J connectivity index is 1.33. The van der Waals surface area contributed by atoms with Gasteiger partial charge in [-0.05, 0) is 29.2 Å². The summed E-state index contributed by atoms with van der Waals surface area (Å²) < 4.78 is 0. The van der Waals surface area contributed by atoms with E-state index in [-0.39, 0.29) is 30.2 Å². The molecule has 3 heterocycles. The van der Waals surface area contributed by atoms with Gasteiger partial charge < -0.3 is 10.6 Å². The van der Waals surface area contributed by atoms with Crippen LogP contribution in [-0.4, -0.2) is 52.7 Å². The topological polar surface area (TPSA) is 95.7 Å². The van der Waals surface area contributed by atoms with Gasteiger partial charge in [-0.25, -0.2) is 0 Å². The monoisotopic (exact) mass is 418 g/mol. The maximum Gasteiger partial charge on any atom is 0.255 e. The lowest BCUT2D eigenvalue weighted by Crippen LogP contribution is -2.52. The van der Waals surface area contributed by atoms with Crippen molar-refractivity contribution in [2.45, 2.75) is 43.9 Å². The van der Waals surface area contributed by atoms with Crippen molar-refractivity contribution >= 4 is 17.7 Å². The van der Waals surface area contributed by atoms with E-state index in [0.29, 0.717) is 24.4 Å². The highest BCUT2D eigenvalue weighted by molar-refractivity contribution is 6.05. The first-order valence-corrected chi connectivity index (χ1v) is 10.8. The fourth-order valence-electron chi connectivity index (χ4n) is 5.13. The third-order valence-electron chi connectivity index (χ3n) is 6.74. The molecule has 0 spiro atoms. The number of fused-ring (bicyclic) bond motifs is 1. The molecule has 0 bridgehead atoms. The number of amides is 3. The number of benzene rings is 2. The van der Waals surface area contributed by atoms with E-state index in [0.717, 1.165) is 30.8 Å². The van der Waals surface area contributed by atoms with Crippen LogP contribution in [0.3, 0.4) is 0 Å². The summed E-state index contributed by atoms with van der Waals surface area (Å²) in [5, 5.41) is 2.36. The largest absolute Gasteiger partial charge is 0.326 e. The molecule has 3 amide bonds. The fraction of sp³-hybridized carbons (Fsp3) is 0.375. The van der Waals surface area contributed by atoms with Gasteiger partial charge in [0.1, 0.15) is 6.04 Å².